The fourth-order valence-corrected chi connectivity index (χ4v) is 4.36. The van der Waals surface area contributed by atoms with Gasteiger partial charge in [-0.15, -0.1) is 0 Å². The van der Waals surface area contributed by atoms with Crippen LogP contribution in [0.3, 0.4) is 0 Å². The summed E-state index contributed by atoms with van der Waals surface area (Å²) in [5.41, 5.74) is 12.4. The van der Waals surface area contributed by atoms with Gasteiger partial charge in [0.15, 0.2) is 5.69 Å². The average molecular weight is 479 g/mol. The van der Waals surface area contributed by atoms with Gasteiger partial charge in [-0.25, -0.2) is 13.8 Å². The van der Waals surface area contributed by atoms with Crippen molar-refractivity contribution in [2.45, 2.75) is 26.6 Å². The lowest BCUT2D eigenvalue weighted by atomic mass is 9.86. The number of nitrogens with two attached hydrogens (primary N) is 2. The van der Waals surface area contributed by atoms with Crippen LogP contribution in [0.4, 0.5) is 19.5 Å². The number of ether oxygens (including phenoxy) is 2. The number of carbonyl (C=O) groups excluding carboxylic acids is 1. The highest BCUT2D eigenvalue weighted by molar-refractivity contribution is 7.19. The number of thiazole rings is 1. The second-order valence-corrected chi connectivity index (χ2v) is 8.92. The van der Waals surface area contributed by atoms with E-state index in [1.165, 1.54) is 6.07 Å². The minimum absolute atomic E-state index is 0.0219. The van der Waals surface area contributed by atoms with Crippen molar-refractivity contribution in [3.63, 3.8) is 0 Å². The number of aromatic nitrogens is 3. The molecule has 33 heavy (non-hydrogen) atoms. The molecule has 0 bridgehead atoms. The smallest absolute Gasteiger partial charge is 0.277 e. The van der Waals surface area contributed by atoms with Crippen LogP contribution in [0.25, 0.3) is 10.6 Å². The molecule has 3 aromatic rings. The summed E-state index contributed by atoms with van der Waals surface area (Å²) < 4.78 is 40.0. The predicted octanol–water partition coefficient (Wildman–Crippen LogP) is 3.35. The van der Waals surface area contributed by atoms with Gasteiger partial charge in [0.2, 0.25) is 6.29 Å². The van der Waals surface area contributed by atoms with E-state index in [0.29, 0.717) is 36.8 Å². The number of hydrogen-bond donors (Lipinski definition) is 4. The molecule has 4 rings (SSSR count). The maximum absolute atomic E-state index is 14.1. The molecular formula is C21H24F2N6O3S. The molecule has 1 fully saturated rings. The standard InChI is InChI=1S/C21H24F2N6O3S/c1-3-21(7-24)8-31-20(32-9-21)15-14(10(2)28-29-15)26-18(30)16-17(25)33-19(27-16)13-11(22)5-4-6-12(13)23/h4-6,20H,3,7-9,24-25H2,1-2H3,(H,26,30)(H,28,29). The zero-order valence-electron chi connectivity index (χ0n) is 18.1. The van der Waals surface area contributed by atoms with Crippen molar-refractivity contribution in [2.75, 3.05) is 30.8 Å². The zero-order valence-corrected chi connectivity index (χ0v) is 18.9. The van der Waals surface area contributed by atoms with Gasteiger partial charge in [0.1, 0.15) is 27.3 Å². The van der Waals surface area contributed by atoms with Gasteiger partial charge in [0.05, 0.1) is 30.2 Å². The van der Waals surface area contributed by atoms with E-state index in [9.17, 15) is 13.6 Å². The molecule has 12 heteroatoms. The van der Waals surface area contributed by atoms with Crippen LogP contribution in [0.1, 0.15) is 41.5 Å². The predicted molar refractivity (Wildman–Crippen MR) is 120 cm³/mol. The molecule has 0 aliphatic carbocycles. The number of anilines is 2. The Labute approximate surface area is 192 Å². The second-order valence-electron chi connectivity index (χ2n) is 7.89. The Kier molecular flexibility index (Phi) is 6.43. The van der Waals surface area contributed by atoms with Crippen LogP contribution in [0.5, 0.6) is 0 Å². The number of aryl methyl sites for hydroxylation is 1. The first-order valence-corrected chi connectivity index (χ1v) is 11.1. The third kappa shape index (κ3) is 4.34. The number of halogens is 2. The topological polar surface area (TPSA) is 141 Å². The summed E-state index contributed by atoms with van der Waals surface area (Å²) in [7, 11) is 0. The van der Waals surface area contributed by atoms with E-state index >= 15 is 0 Å². The largest absolute Gasteiger partial charge is 0.389 e. The maximum atomic E-state index is 14.1. The van der Waals surface area contributed by atoms with Crippen molar-refractivity contribution in [2.24, 2.45) is 11.1 Å². The molecule has 1 aliphatic heterocycles. The number of carbonyl (C=O) groups is 1. The van der Waals surface area contributed by atoms with E-state index in [2.05, 4.69) is 20.5 Å². The molecule has 0 radical (unpaired) electrons. The Bertz CT molecular complexity index is 1150. The number of H-pyrrole nitrogens is 1. The molecule has 1 amide bonds. The van der Waals surface area contributed by atoms with Crippen molar-refractivity contribution in [3.8, 4) is 10.6 Å². The molecular weight excluding hydrogens is 454 g/mol. The minimum Gasteiger partial charge on any atom is -0.389 e. The Morgan fingerprint density at radius 1 is 1.33 bits per heavy atom. The molecule has 6 N–H and O–H groups in total. The fourth-order valence-electron chi connectivity index (χ4n) is 3.48. The molecule has 0 atom stereocenters. The third-order valence-corrected chi connectivity index (χ3v) is 6.66. The number of amides is 1. The van der Waals surface area contributed by atoms with Crippen LogP contribution in [0.2, 0.25) is 0 Å². The van der Waals surface area contributed by atoms with E-state index < -0.39 is 23.8 Å². The van der Waals surface area contributed by atoms with Crippen LogP contribution < -0.4 is 16.8 Å². The van der Waals surface area contributed by atoms with Crippen molar-refractivity contribution >= 4 is 27.9 Å². The molecule has 176 valence electrons. The van der Waals surface area contributed by atoms with Crippen molar-refractivity contribution < 1.29 is 23.0 Å². The van der Waals surface area contributed by atoms with Crippen LogP contribution in [0, 0.1) is 24.0 Å². The van der Waals surface area contributed by atoms with Gasteiger partial charge in [-0.1, -0.05) is 24.3 Å². The summed E-state index contributed by atoms with van der Waals surface area (Å²) in [6.07, 6.45) is 0.0270. The van der Waals surface area contributed by atoms with Gasteiger partial charge in [-0.05, 0) is 25.5 Å². The maximum Gasteiger partial charge on any atom is 0.277 e. The number of nitrogens with zero attached hydrogens (tertiary/aromatic N) is 2. The Hall–Kier alpha value is -2.93. The van der Waals surface area contributed by atoms with Crippen LogP contribution in [0.15, 0.2) is 18.2 Å². The van der Waals surface area contributed by atoms with Gasteiger partial charge >= 0.3 is 0 Å². The highest BCUT2D eigenvalue weighted by atomic mass is 32.1. The van der Waals surface area contributed by atoms with Crippen LogP contribution in [-0.2, 0) is 9.47 Å². The summed E-state index contributed by atoms with van der Waals surface area (Å²) >= 11 is 0.819. The molecule has 0 unspecified atom stereocenters. The normalized spacial score (nSPS) is 20.7. The SMILES string of the molecule is CCC1(CN)COC(c2[nH]nc(C)c2NC(=O)c2nc(-c3c(F)cccc3F)sc2N)OC1. The number of aromatic amines is 1. The molecule has 0 saturated carbocycles. The van der Waals surface area contributed by atoms with Crippen molar-refractivity contribution in [1.82, 2.24) is 15.2 Å². The van der Waals surface area contributed by atoms with E-state index in [1.54, 1.807) is 6.92 Å². The number of benzene rings is 1. The molecule has 1 aromatic carbocycles. The van der Waals surface area contributed by atoms with Crippen molar-refractivity contribution in [1.29, 1.82) is 0 Å². The quantitative estimate of drug-likeness (QED) is 0.426. The average Bonchev–Trinajstić information content (AvgIpc) is 3.36. The van der Waals surface area contributed by atoms with E-state index in [4.69, 9.17) is 20.9 Å². The number of hydrogen-bond acceptors (Lipinski definition) is 8. The summed E-state index contributed by atoms with van der Waals surface area (Å²) in [5, 5.41) is 9.68. The minimum atomic E-state index is -0.795. The summed E-state index contributed by atoms with van der Waals surface area (Å²) in [4.78, 5) is 17.0. The Balaban J connectivity index is 1.56. The summed E-state index contributed by atoms with van der Waals surface area (Å²) in [5.74, 6) is -2.25. The molecule has 9 nitrogen and oxygen atoms in total. The lowest BCUT2D eigenvalue weighted by molar-refractivity contribution is -0.234. The monoisotopic (exact) mass is 478 g/mol. The van der Waals surface area contributed by atoms with Gasteiger partial charge in [0.25, 0.3) is 5.91 Å². The van der Waals surface area contributed by atoms with Gasteiger partial charge in [-0.3, -0.25) is 9.89 Å². The Morgan fingerprint density at radius 3 is 2.61 bits per heavy atom. The van der Waals surface area contributed by atoms with E-state index in [-0.39, 0.29) is 26.7 Å². The lowest BCUT2D eigenvalue weighted by Gasteiger charge is -2.38. The van der Waals surface area contributed by atoms with E-state index in [0.717, 1.165) is 29.9 Å². The molecule has 0 spiro atoms. The lowest BCUT2D eigenvalue weighted by Crippen LogP contribution is -2.44. The van der Waals surface area contributed by atoms with Crippen molar-refractivity contribution in [3.05, 3.63) is 46.9 Å². The number of rotatable bonds is 6. The number of nitrogens with one attached hydrogen (secondary N) is 2. The first kappa shape index (κ1) is 23.2. The summed E-state index contributed by atoms with van der Waals surface area (Å²) in [6.45, 7) is 4.93. The van der Waals surface area contributed by atoms with Gasteiger partial charge in [0, 0.05) is 12.0 Å². The summed E-state index contributed by atoms with van der Waals surface area (Å²) in [6, 6.07) is 3.47. The highest BCUT2D eigenvalue weighted by Crippen LogP contribution is 2.37. The van der Waals surface area contributed by atoms with Crippen LogP contribution in [-0.4, -0.2) is 40.8 Å². The Morgan fingerprint density at radius 2 is 2.00 bits per heavy atom. The van der Waals surface area contributed by atoms with Gasteiger partial charge in [-0.2, -0.15) is 5.10 Å². The van der Waals surface area contributed by atoms with Crippen LogP contribution >= 0.6 is 11.3 Å². The third-order valence-electron chi connectivity index (χ3n) is 5.76. The first-order chi connectivity index (χ1) is 15.8. The van der Waals surface area contributed by atoms with Gasteiger partial charge < -0.3 is 26.3 Å². The molecule has 3 heterocycles. The first-order valence-electron chi connectivity index (χ1n) is 10.3. The number of nitrogen functional groups attached to an aromatic ring is 1. The molecule has 2 aromatic heterocycles. The van der Waals surface area contributed by atoms with E-state index in [1.807, 2.05) is 6.92 Å². The second kappa shape index (κ2) is 9.14. The zero-order chi connectivity index (χ0) is 23.8. The molecule has 1 aliphatic rings. The highest BCUT2D eigenvalue weighted by Gasteiger charge is 2.37. The molecule has 1 saturated heterocycles. The fraction of sp³-hybridized carbons (Fsp3) is 0.381.